The number of hydrogen-bond acceptors (Lipinski definition) is 3. The second kappa shape index (κ2) is 4.61. The van der Waals surface area contributed by atoms with Crippen molar-refractivity contribution in [1.29, 1.82) is 0 Å². The largest absolute Gasteiger partial charge is 0.465 e. The number of Topliss-reactive ketones (excluding diaryl/α,β-unsaturated/α-hetero) is 1. The normalized spacial score (nSPS) is 24.2. The van der Waals surface area contributed by atoms with Gasteiger partial charge in [0.05, 0.1) is 12.1 Å². The molecule has 0 aromatic heterocycles. The molecule has 3 atom stereocenters. The number of nitrogens with two attached hydrogens (primary N) is 1. The summed E-state index contributed by atoms with van der Waals surface area (Å²) in [6.07, 6.45) is 0.401. The van der Waals surface area contributed by atoms with Crippen molar-refractivity contribution in [3.05, 3.63) is 0 Å². The van der Waals surface area contributed by atoms with Gasteiger partial charge < -0.3 is 10.8 Å². The van der Waals surface area contributed by atoms with E-state index in [1.165, 1.54) is 0 Å². The summed E-state index contributed by atoms with van der Waals surface area (Å²) in [4.78, 5) is 23.7. The van der Waals surface area contributed by atoms with Crippen LogP contribution in [0.2, 0.25) is 0 Å². The van der Waals surface area contributed by atoms with E-state index < -0.39 is 18.2 Å². The maximum atomic E-state index is 11.8. The Kier molecular flexibility index (Phi) is 3.68. The molecule has 5 nitrogen and oxygen atoms in total. The summed E-state index contributed by atoms with van der Waals surface area (Å²) >= 11 is 0. The smallest absolute Gasteiger partial charge is 0.407 e. The molecule has 0 aliphatic carbocycles. The lowest BCUT2D eigenvalue weighted by molar-refractivity contribution is -0.129. The quantitative estimate of drug-likeness (QED) is 0.720. The highest BCUT2D eigenvalue weighted by atomic mass is 16.4. The van der Waals surface area contributed by atoms with E-state index >= 15 is 0 Å². The van der Waals surface area contributed by atoms with Crippen molar-refractivity contribution in [1.82, 2.24) is 4.90 Å². The van der Waals surface area contributed by atoms with Gasteiger partial charge in [-0.2, -0.15) is 0 Å². The first-order valence-electron chi connectivity index (χ1n) is 5.27. The van der Waals surface area contributed by atoms with Crippen LogP contribution in [0.15, 0.2) is 0 Å². The van der Waals surface area contributed by atoms with Crippen LogP contribution in [-0.4, -0.2) is 40.5 Å². The molecule has 1 aliphatic rings. The van der Waals surface area contributed by atoms with Gasteiger partial charge in [0, 0.05) is 6.54 Å². The van der Waals surface area contributed by atoms with Gasteiger partial charge in [0.25, 0.3) is 0 Å². The van der Waals surface area contributed by atoms with Crippen molar-refractivity contribution in [3.8, 4) is 0 Å². The molecule has 1 rings (SSSR count). The molecule has 0 bridgehead atoms. The number of ketones is 1. The minimum atomic E-state index is -1.03. The summed E-state index contributed by atoms with van der Waals surface area (Å²) < 4.78 is 0. The van der Waals surface area contributed by atoms with Crippen LogP contribution in [0.1, 0.15) is 26.7 Å². The third kappa shape index (κ3) is 2.28. The maximum absolute atomic E-state index is 11.8. The fourth-order valence-corrected chi connectivity index (χ4v) is 1.67. The zero-order valence-electron chi connectivity index (χ0n) is 9.14. The minimum Gasteiger partial charge on any atom is -0.465 e. The number of nitrogens with zero attached hydrogens (tertiary/aromatic N) is 1. The lowest BCUT2D eigenvalue weighted by atomic mass is 9.88. The molecule has 5 heteroatoms. The first-order valence-corrected chi connectivity index (χ1v) is 5.27. The third-order valence-corrected chi connectivity index (χ3v) is 3.18. The van der Waals surface area contributed by atoms with Crippen LogP contribution >= 0.6 is 0 Å². The van der Waals surface area contributed by atoms with E-state index in [-0.39, 0.29) is 11.7 Å². The summed E-state index contributed by atoms with van der Waals surface area (Å²) in [6, 6.07) is -1.05. The average molecular weight is 214 g/mol. The highest BCUT2D eigenvalue weighted by Crippen LogP contribution is 2.21. The van der Waals surface area contributed by atoms with E-state index in [0.29, 0.717) is 13.0 Å². The first-order chi connectivity index (χ1) is 6.99. The summed E-state index contributed by atoms with van der Waals surface area (Å²) in [5.41, 5.74) is 5.77. The molecule has 0 saturated carbocycles. The van der Waals surface area contributed by atoms with E-state index in [0.717, 1.165) is 11.3 Å². The van der Waals surface area contributed by atoms with Crippen molar-refractivity contribution >= 4 is 11.9 Å². The molecule has 3 N–H and O–H groups in total. The SMILES string of the molecule is CCC(C)C(N)C(=O)C1CCN1C(=O)O. The lowest BCUT2D eigenvalue weighted by Crippen LogP contribution is -2.59. The average Bonchev–Trinajstić information content (AvgIpc) is 2.12. The highest BCUT2D eigenvalue weighted by molar-refractivity contribution is 5.92. The van der Waals surface area contributed by atoms with Crippen molar-refractivity contribution < 1.29 is 14.7 Å². The first kappa shape index (κ1) is 12.0. The number of rotatable bonds is 4. The molecule has 0 aromatic rings. The van der Waals surface area contributed by atoms with Gasteiger partial charge in [-0.3, -0.25) is 9.69 Å². The Morgan fingerprint density at radius 3 is 2.53 bits per heavy atom. The number of amides is 1. The Morgan fingerprint density at radius 1 is 1.60 bits per heavy atom. The van der Waals surface area contributed by atoms with Crippen molar-refractivity contribution in [2.75, 3.05) is 6.54 Å². The summed E-state index contributed by atoms with van der Waals surface area (Å²) in [5.74, 6) is -0.0354. The molecular formula is C10H18N2O3. The molecule has 15 heavy (non-hydrogen) atoms. The molecule has 1 aliphatic heterocycles. The van der Waals surface area contributed by atoms with Crippen LogP contribution in [-0.2, 0) is 4.79 Å². The Bertz CT molecular complexity index is 267. The maximum Gasteiger partial charge on any atom is 0.407 e. The van der Waals surface area contributed by atoms with E-state index in [1.807, 2.05) is 13.8 Å². The Morgan fingerprint density at radius 2 is 2.20 bits per heavy atom. The summed E-state index contributed by atoms with van der Waals surface area (Å²) in [6.45, 7) is 4.32. The van der Waals surface area contributed by atoms with Gasteiger partial charge in [-0.25, -0.2) is 4.79 Å². The van der Waals surface area contributed by atoms with Gasteiger partial charge in [0.15, 0.2) is 5.78 Å². The van der Waals surface area contributed by atoms with Gasteiger partial charge in [0.1, 0.15) is 0 Å². The van der Waals surface area contributed by atoms with Crippen LogP contribution in [0.4, 0.5) is 4.79 Å². The van der Waals surface area contributed by atoms with Gasteiger partial charge >= 0.3 is 6.09 Å². The Hall–Kier alpha value is -1.10. The zero-order chi connectivity index (χ0) is 11.6. The third-order valence-electron chi connectivity index (χ3n) is 3.18. The van der Waals surface area contributed by atoms with Gasteiger partial charge in [-0.1, -0.05) is 20.3 Å². The highest BCUT2D eigenvalue weighted by Gasteiger charge is 2.40. The van der Waals surface area contributed by atoms with Crippen LogP contribution in [0.25, 0.3) is 0 Å². The fourth-order valence-electron chi connectivity index (χ4n) is 1.67. The minimum absolute atomic E-state index is 0.105. The Balaban J connectivity index is 2.57. The molecule has 0 radical (unpaired) electrons. The number of carbonyl (C=O) groups is 2. The molecule has 1 amide bonds. The van der Waals surface area contributed by atoms with Crippen molar-refractivity contribution in [2.45, 2.75) is 38.8 Å². The Labute approximate surface area is 89.2 Å². The predicted molar refractivity (Wildman–Crippen MR) is 55.6 cm³/mol. The molecule has 3 unspecified atom stereocenters. The second-order valence-corrected chi connectivity index (χ2v) is 4.09. The number of hydrogen-bond donors (Lipinski definition) is 2. The number of carbonyl (C=O) groups excluding carboxylic acids is 1. The molecular weight excluding hydrogens is 196 g/mol. The number of likely N-dealkylation sites (tertiary alicyclic amines) is 1. The van der Waals surface area contributed by atoms with Crippen LogP contribution < -0.4 is 5.73 Å². The van der Waals surface area contributed by atoms with Crippen LogP contribution in [0, 0.1) is 5.92 Å². The van der Waals surface area contributed by atoms with Crippen LogP contribution in [0.3, 0.4) is 0 Å². The second-order valence-electron chi connectivity index (χ2n) is 4.09. The van der Waals surface area contributed by atoms with E-state index in [9.17, 15) is 9.59 Å². The van der Waals surface area contributed by atoms with E-state index in [4.69, 9.17) is 10.8 Å². The van der Waals surface area contributed by atoms with Gasteiger partial charge in [-0.05, 0) is 12.3 Å². The van der Waals surface area contributed by atoms with Crippen LogP contribution in [0.5, 0.6) is 0 Å². The summed E-state index contributed by atoms with van der Waals surface area (Å²) in [7, 11) is 0. The zero-order valence-corrected chi connectivity index (χ0v) is 9.14. The van der Waals surface area contributed by atoms with Gasteiger partial charge in [0.2, 0.25) is 0 Å². The molecule has 1 fully saturated rings. The molecule has 0 aromatic carbocycles. The number of carboxylic acid groups (broad SMARTS) is 1. The predicted octanol–water partition coefficient (Wildman–Crippen LogP) is 0.681. The summed E-state index contributed by atoms with van der Waals surface area (Å²) in [5, 5.41) is 8.76. The van der Waals surface area contributed by atoms with E-state index in [1.54, 1.807) is 0 Å². The van der Waals surface area contributed by atoms with Gasteiger partial charge in [-0.15, -0.1) is 0 Å². The topological polar surface area (TPSA) is 83.6 Å². The van der Waals surface area contributed by atoms with E-state index in [2.05, 4.69) is 0 Å². The lowest BCUT2D eigenvalue weighted by Gasteiger charge is -2.39. The standard InChI is InChI=1S/C10H18N2O3/c1-3-6(2)8(11)9(13)7-4-5-12(7)10(14)15/h6-8H,3-5,11H2,1-2H3,(H,14,15). The molecule has 1 heterocycles. The molecule has 86 valence electrons. The fraction of sp³-hybridized carbons (Fsp3) is 0.800. The molecule has 1 saturated heterocycles. The molecule has 0 spiro atoms. The monoisotopic (exact) mass is 214 g/mol. The van der Waals surface area contributed by atoms with Crippen molar-refractivity contribution in [3.63, 3.8) is 0 Å². The van der Waals surface area contributed by atoms with Crippen molar-refractivity contribution in [2.24, 2.45) is 11.7 Å².